The number of amides is 3. The van der Waals surface area contributed by atoms with Crippen LogP contribution in [0.4, 0.5) is 10.5 Å². The number of anilines is 1. The van der Waals surface area contributed by atoms with Crippen molar-refractivity contribution in [3.63, 3.8) is 0 Å². The van der Waals surface area contributed by atoms with Gasteiger partial charge in [0.1, 0.15) is 11.6 Å². The molecule has 32 heavy (non-hydrogen) atoms. The summed E-state index contributed by atoms with van der Waals surface area (Å²) in [4.78, 5) is 44.6. The van der Waals surface area contributed by atoms with Crippen LogP contribution in [0.3, 0.4) is 0 Å². The van der Waals surface area contributed by atoms with Gasteiger partial charge in [-0.3, -0.25) is 14.9 Å². The summed E-state index contributed by atoms with van der Waals surface area (Å²) in [5, 5.41) is 2.41. The molecule has 9 nitrogen and oxygen atoms in total. The van der Waals surface area contributed by atoms with E-state index in [1.165, 1.54) is 0 Å². The molecule has 0 radical (unpaired) electrons. The van der Waals surface area contributed by atoms with Gasteiger partial charge in [0, 0.05) is 38.3 Å². The molecule has 2 aromatic rings. The highest BCUT2D eigenvalue weighted by Gasteiger charge is 2.30. The Labute approximate surface area is 187 Å². The number of hydrogen-bond acceptors (Lipinski definition) is 6. The Balaban J connectivity index is 1.42. The number of rotatable bonds is 3. The third kappa shape index (κ3) is 4.56. The summed E-state index contributed by atoms with van der Waals surface area (Å²) >= 11 is 0. The van der Waals surface area contributed by atoms with Crippen LogP contribution in [0, 0.1) is 0 Å². The zero-order valence-electron chi connectivity index (χ0n) is 19.1. The minimum atomic E-state index is -0.501. The lowest BCUT2D eigenvalue weighted by Gasteiger charge is -2.38. The minimum absolute atomic E-state index is 0.150. The van der Waals surface area contributed by atoms with E-state index in [0.717, 1.165) is 42.7 Å². The number of hydrogen-bond donors (Lipinski definition) is 1. The lowest BCUT2D eigenvalue weighted by molar-refractivity contribution is -0.135. The van der Waals surface area contributed by atoms with E-state index in [-0.39, 0.29) is 23.9 Å². The third-order valence-electron chi connectivity index (χ3n) is 6.16. The van der Waals surface area contributed by atoms with Gasteiger partial charge < -0.3 is 19.1 Å². The van der Waals surface area contributed by atoms with Gasteiger partial charge in [-0.15, -0.1) is 0 Å². The van der Waals surface area contributed by atoms with E-state index in [4.69, 9.17) is 4.74 Å². The van der Waals surface area contributed by atoms with Crippen molar-refractivity contribution in [2.24, 2.45) is 0 Å². The van der Waals surface area contributed by atoms with E-state index in [0.29, 0.717) is 12.8 Å². The molecule has 2 aliphatic rings. The van der Waals surface area contributed by atoms with E-state index in [2.05, 4.69) is 15.2 Å². The summed E-state index contributed by atoms with van der Waals surface area (Å²) < 4.78 is 7.34. The molecule has 0 spiro atoms. The van der Waals surface area contributed by atoms with Gasteiger partial charge >= 0.3 is 6.09 Å². The molecule has 3 heterocycles. The molecule has 1 aromatic carbocycles. The van der Waals surface area contributed by atoms with Crippen molar-refractivity contribution in [1.82, 2.24) is 19.8 Å². The molecule has 4 rings (SSSR count). The van der Waals surface area contributed by atoms with Gasteiger partial charge in [-0.25, -0.2) is 9.78 Å². The van der Waals surface area contributed by atoms with Gasteiger partial charge in [0.2, 0.25) is 11.8 Å². The maximum atomic E-state index is 12.4. The van der Waals surface area contributed by atoms with Crippen LogP contribution in [0.2, 0.25) is 0 Å². The lowest BCUT2D eigenvalue weighted by Crippen LogP contribution is -2.47. The minimum Gasteiger partial charge on any atom is -0.444 e. The first-order valence-corrected chi connectivity index (χ1v) is 11.1. The number of piperidine rings is 2. The molecule has 1 N–H and O–H groups in total. The highest BCUT2D eigenvalue weighted by molar-refractivity contribution is 6.00. The van der Waals surface area contributed by atoms with Gasteiger partial charge in [0.05, 0.1) is 17.4 Å². The number of imide groups is 1. The van der Waals surface area contributed by atoms with Gasteiger partial charge in [0.25, 0.3) is 0 Å². The number of ether oxygens (including phenoxy) is 1. The molecule has 0 aliphatic carbocycles. The number of fused-ring (bicyclic) bond motifs is 1. The van der Waals surface area contributed by atoms with E-state index in [9.17, 15) is 14.4 Å². The second-order valence-electron chi connectivity index (χ2n) is 9.60. The lowest BCUT2D eigenvalue weighted by atomic mass is 10.0. The molecule has 172 valence electrons. The van der Waals surface area contributed by atoms with Crippen LogP contribution in [-0.2, 0) is 14.3 Å². The van der Waals surface area contributed by atoms with Crippen molar-refractivity contribution in [2.45, 2.75) is 64.1 Å². The Morgan fingerprint density at radius 1 is 1.19 bits per heavy atom. The van der Waals surface area contributed by atoms with E-state index >= 15 is 0 Å². The monoisotopic (exact) mass is 441 g/mol. The first-order chi connectivity index (χ1) is 15.1. The van der Waals surface area contributed by atoms with Crippen molar-refractivity contribution in [2.75, 3.05) is 25.0 Å². The molecule has 2 fully saturated rings. The summed E-state index contributed by atoms with van der Waals surface area (Å²) in [7, 11) is 1.81. The summed E-state index contributed by atoms with van der Waals surface area (Å²) in [6, 6.07) is 5.81. The van der Waals surface area contributed by atoms with Gasteiger partial charge in [-0.05, 0) is 58.2 Å². The first kappa shape index (κ1) is 22.1. The number of carbonyl (C=O) groups excluding carboxylic acids is 3. The second-order valence-corrected chi connectivity index (χ2v) is 9.60. The number of carbonyl (C=O) groups is 3. The molecular weight excluding hydrogens is 410 g/mol. The Hall–Kier alpha value is -3.10. The van der Waals surface area contributed by atoms with E-state index < -0.39 is 11.6 Å². The average molecular weight is 442 g/mol. The fraction of sp³-hybridized carbons (Fsp3) is 0.565. The maximum absolute atomic E-state index is 12.4. The second kappa shape index (κ2) is 8.44. The molecule has 0 saturated carbocycles. The predicted octanol–water partition coefficient (Wildman–Crippen LogP) is 2.85. The van der Waals surface area contributed by atoms with Crippen molar-refractivity contribution in [3.05, 3.63) is 24.5 Å². The summed E-state index contributed by atoms with van der Waals surface area (Å²) in [5.41, 5.74) is 2.27. The fourth-order valence-corrected chi connectivity index (χ4v) is 4.41. The van der Waals surface area contributed by atoms with Crippen LogP contribution >= 0.6 is 0 Å². The zero-order chi connectivity index (χ0) is 23.0. The van der Waals surface area contributed by atoms with Crippen molar-refractivity contribution >= 4 is 34.6 Å². The smallest absolute Gasteiger partial charge is 0.410 e. The molecule has 3 amide bonds. The highest BCUT2D eigenvalue weighted by atomic mass is 16.6. The van der Waals surface area contributed by atoms with Crippen LogP contribution in [-0.4, -0.2) is 64.1 Å². The van der Waals surface area contributed by atoms with Crippen LogP contribution < -0.4 is 10.2 Å². The van der Waals surface area contributed by atoms with Gasteiger partial charge in [-0.2, -0.15) is 0 Å². The maximum Gasteiger partial charge on any atom is 0.410 e. The zero-order valence-corrected chi connectivity index (χ0v) is 19.1. The highest BCUT2D eigenvalue weighted by Crippen LogP contribution is 2.29. The fourth-order valence-electron chi connectivity index (χ4n) is 4.41. The number of nitrogens with zero attached hydrogens (tertiary/aromatic N) is 4. The van der Waals surface area contributed by atoms with Crippen molar-refractivity contribution < 1.29 is 19.1 Å². The normalized spacial score (nSPS) is 20.4. The number of imidazole rings is 1. The van der Waals surface area contributed by atoms with Crippen molar-refractivity contribution in [1.29, 1.82) is 0 Å². The topological polar surface area (TPSA) is 96.8 Å². The average Bonchev–Trinajstić information content (AvgIpc) is 3.15. The molecule has 2 saturated heterocycles. The first-order valence-electron chi connectivity index (χ1n) is 11.1. The van der Waals surface area contributed by atoms with Crippen LogP contribution in [0.1, 0.15) is 52.5 Å². The van der Waals surface area contributed by atoms with Crippen LogP contribution in [0.5, 0.6) is 0 Å². The van der Waals surface area contributed by atoms with Crippen LogP contribution in [0.25, 0.3) is 11.0 Å². The quantitative estimate of drug-likeness (QED) is 0.736. The predicted molar refractivity (Wildman–Crippen MR) is 120 cm³/mol. The molecule has 9 heteroatoms. The number of benzene rings is 1. The third-order valence-corrected chi connectivity index (χ3v) is 6.16. The van der Waals surface area contributed by atoms with Crippen LogP contribution in [0.15, 0.2) is 24.5 Å². The SMILES string of the molecule is CN(C(=O)OC(C)(C)C)C1CCN(c2ccc3c(c2)ncn3C2CCC(=O)NC2=O)CC1. The van der Waals surface area contributed by atoms with E-state index in [1.54, 1.807) is 11.2 Å². The number of aromatic nitrogens is 2. The summed E-state index contributed by atoms with van der Waals surface area (Å²) in [6.45, 7) is 7.28. The Bertz CT molecular complexity index is 1030. The van der Waals surface area contributed by atoms with Gasteiger partial charge in [0.15, 0.2) is 0 Å². The molecule has 1 atom stereocenters. The Morgan fingerprint density at radius 3 is 2.56 bits per heavy atom. The summed E-state index contributed by atoms with van der Waals surface area (Å²) in [5.74, 6) is -0.500. The van der Waals surface area contributed by atoms with E-state index in [1.807, 2.05) is 50.6 Å². The summed E-state index contributed by atoms with van der Waals surface area (Å²) in [6.07, 6.45) is 3.93. The molecular formula is C23H31N5O4. The van der Waals surface area contributed by atoms with Crippen molar-refractivity contribution in [3.8, 4) is 0 Å². The molecule has 1 aromatic heterocycles. The Kier molecular flexibility index (Phi) is 5.83. The largest absolute Gasteiger partial charge is 0.444 e. The Morgan fingerprint density at radius 2 is 1.91 bits per heavy atom. The molecule has 2 aliphatic heterocycles. The number of nitrogens with one attached hydrogen (secondary N) is 1. The van der Waals surface area contributed by atoms with Gasteiger partial charge in [-0.1, -0.05) is 0 Å². The molecule has 1 unspecified atom stereocenters. The molecule has 0 bridgehead atoms. The standard InChI is InChI=1S/C23H31N5O4/c1-23(2,3)32-22(31)26(4)15-9-11-27(12-10-15)16-5-6-18-17(13-16)24-14-28(18)19-7-8-20(29)25-21(19)30/h5-6,13-15,19H,7-12H2,1-4H3,(H,25,29,30).